The highest BCUT2D eigenvalue weighted by Crippen LogP contribution is 2.19. The van der Waals surface area contributed by atoms with Gasteiger partial charge in [-0.1, -0.05) is 22.0 Å². The number of aryl methyl sites for hydroxylation is 1. The Morgan fingerprint density at radius 1 is 1.31 bits per heavy atom. The fourth-order valence-corrected chi connectivity index (χ4v) is 2.76. The van der Waals surface area contributed by atoms with Crippen LogP contribution in [0.1, 0.15) is 17.4 Å². The fourth-order valence-electron chi connectivity index (χ4n) is 2.53. The first-order valence-corrected chi connectivity index (χ1v) is 9.17. The Kier molecular flexibility index (Phi) is 5.29. The molecule has 4 aromatic rings. The summed E-state index contributed by atoms with van der Waals surface area (Å²) in [5, 5.41) is 19.2. The van der Waals surface area contributed by atoms with Crippen molar-refractivity contribution in [2.75, 3.05) is 6.54 Å². The van der Waals surface area contributed by atoms with Crippen molar-refractivity contribution in [2.24, 2.45) is 0 Å². The smallest absolute Gasteiger partial charge is 0.280 e. The molecule has 0 saturated carbocycles. The van der Waals surface area contributed by atoms with Gasteiger partial charge in [-0.3, -0.25) is 14.5 Å². The lowest BCUT2D eigenvalue weighted by Gasteiger charge is -2.03. The van der Waals surface area contributed by atoms with E-state index in [0.717, 1.165) is 5.56 Å². The van der Waals surface area contributed by atoms with Crippen molar-refractivity contribution >= 4 is 17.5 Å². The van der Waals surface area contributed by atoms with Gasteiger partial charge in [0, 0.05) is 37.2 Å². The largest absolute Gasteiger partial charge is 0.349 e. The highest BCUT2D eigenvalue weighted by molar-refractivity contribution is 6.33. The van der Waals surface area contributed by atoms with Gasteiger partial charge < -0.3 is 9.84 Å². The third-order valence-electron chi connectivity index (χ3n) is 3.99. The third kappa shape index (κ3) is 4.14. The molecule has 0 spiro atoms. The number of hydrogen-bond donors (Lipinski definition) is 1. The SMILES string of the molecule is CCn1cc(Cl)c(C(=O)NCCn2cc(-c3nc(-c4cccnc4)no3)nn2)n1. The molecule has 0 unspecified atom stereocenters. The van der Waals surface area contributed by atoms with Gasteiger partial charge in [0.1, 0.15) is 0 Å². The molecule has 4 aromatic heterocycles. The van der Waals surface area contributed by atoms with E-state index < -0.39 is 0 Å². The first-order valence-electron chi connectivity index (χ1n) is 8.80. The molecule has 4 heterocycles. The van der Waals surface area contributed by atoms with Crippen molar-refractivity contribution in [2.45, 2.75) is 20.0 Å². The van der Waals surface area contributed by atoms with E-state index in [2.05, 4.69) is 35.9 Å². The number of amides is 1. The van der Waals surface area contributed by atoms with Crippen LogP contribution in [0.3, 0.4) is 0 Å². The Bertz CT molecular complexity index is 1120. The molecule has 0 aliphatic rings. The third-order valence-corrected chi connectivity index (χ3v) is 4.26. The monoisotopic (exact) mass is 413 g/mol. The zero-order chi connectivity index (χ0) is 20.2. The fraction of sp³-hybridized carbons (Fsp3) is 0.235. The molecule has 1 N–H and O–H groups in total. The minimum Gasteiger partial charge on any atom is -0.349 e. The summed E-state index contributed by atoms with van der Waals surface area (Å²) in [7, 11) is 0. The molecular formula is C17H16ClN9O2. The molecule has 4 rings (SSSR count). The highest BCUT2D eigenvalue weighted by Gasteiger charge is 2.16. The lowest BCUT2D eigenvalue weighted by atomic mass is 10.3. The number of hydrogen-bond acceptors (Lipinski definition) is 8. The Morgan fingerprint density at radius 3 is 2.97 bits per heavy atom. The van der Waals surface area contributed by atoms with E-state index in [9.17, 15) is 4.79 Å². The number of rotatable bonds is 7. The van der Waals surface area contributed by atoms with Gasteiger partial charge in [-0.25, -0.2) is 4.68 Å². The minimum absolute atomic E-state index is 0.196. The number of nitrogens with one attached hydrogen (secondary N) is 1. The summed E-state index contributed by atoms with van der Waals surface area (Å²) in [5.74, 6) is 0.315. The Balaban J connectivity index is 1.36. The summed E-state index contributed by atoms with van der Waals surface area (Å²) in [5.41, 5.74) is 1.37. The zero-order valence-electron chi connectivity index (χ0n) is 15.4. The highest BCUT2D eigenvalue weighted by atomic mass is 35.5. The van der Waals surface area contributed by atoms with Crippen LogP contribution in [0.2, 0.25) is 5.02 Å². The van der Waals surface area contributed by atoms with Crippen LogP contribution >= 0.6 is 11.6 Å². The van der Waals surface area contributed by atoms with E-state index in [1.807, 2.05) is 13.0 Å². The zero-order valence-corrected chi connectivity index (χ0v) is 16.1. The summed E-state index contributed by atoms with van der Waals surface area (Å²) < 4.78 is 8.41. The summed E-state index contributed by atoms with van der Waals surface area (Å²) in [6, 6.07) is 3.62. The van der Waals surface area contributed by atoms with Gasteiger partial charge in [-0.15, -0.1) is 5.10 Å². The molecule has 0 bridgehead atoms. The van der Waals surface area contributed by atoms with Crippen LogP contribution in [0.5, 0.6) is 0 Å². The van der Waals surface area contributed by atoms with Gasteiger partial charge in [0.25, 0.3) is 11.8 Å². The van der Waals surface area contributed by atoms with E-state index in [-0.39, 0.29) is 17.5 Å². The van der Waals surface area contributed by atoms with Crippen LogP contribution < -0.4 is 5.32 Å². The number of nitrogens with zero attached hydrogens (tertiary/aromatic N) is 8. The molecule has 29 heavy (non-hydrogen) atoms. The molecule has 0 radical (unpaired) electrons. The van der Waals surface area contributed by atoms with Crippen molar-refractivity contribution in [3.05, 3.63) is 47.6 Å². The van der Waals surface area contributed by atoms with E-state index in [0.29, 0.717) is 36.2 Å². The normalized spacial score (nSPS) is 11.0. The average molecular weight is 414 g/mol. The van der Waals surface area contributed by atoms with Crippen molar-refractivity contribution < 1.29 is 9.32 Å². The molecule has 148 valence electrons. The van der Waals surface area contributed by atoms with Crippen LogP contribution in [-0.2, 0) is 13.1 Å². The van der Waals surface area contributed by atoms with Crippen molar-refractivity contribution in [1.82, 2.24) is 45.2 Å². The standard InChI is InChI=1S/C17H16ClN9O2/c1-2-26-9-12(18)14(23-26)16(28)20-6-7-27-10-13(22-25-27)17-21-15(24-29-17)11-4-3-5-19-8-11/h3-5,8-10H,2,6-7H2,1H3,(H,20,28). The predicted molar refractivity (Wildman–Crippen MR) is 102 cm³/mol. The molecule has 0 atom stereocenters. The number of carbonyl (C=O) groups excluding carboxylic acids is 1. The molecular weight excluding hydrogens is 398 g/mol. The van der Waals surface area contributed by atoms with Crippen molar-refractivity contribution in [1.29, 1.82) is 0 Å². The molecule has 0 fully saturated rings. The molecule has 0 saturated heterocycles. The van der Waals surface area contributed by atoms with Gasteiger partial charge in [-0.05, 0) is 19.1 Å². The van der Waals surface area contributed by atoms with Crippen molar-refractivity contribution in [3.63, 3.8) is 0 Å². The Hall–Kier alpha value is -3.60. The molecule has 0 aliphatic carbocycles. The maximum absolute atomic E-state index is 12.2. The molecule has 0 aliphatic heterocycles. The van der Waals surface area contributed by atoms with Crippen LogP contribution in [0.15, 0.2) is 41.4 Å². The molecule has 11 nitrogen and oxygen atoms in total. The predicted octanol–water partition coefficient (Wildman–Crippen LogP) is 1.69. The van der Waals surface area contributed by atoms with Gasteiger partial charge in [0.05, 0.1) is 17.8 Å². The van der Waals surface area contributed by atoms with Gasteiger partial charge in [-0.2, -0.15) is 10.1 Å². The summed E-state index contributed by atoms with van der Waals surface area (Å²) >= 11 is 6.03. The summed E-state index contributed by atoms with van der Waals surface area (Å²) in [4.78, 5) is 20.5. The van der Waals surface area contributed by atoms with Gasteiger partial charge in [0.15, 0.2) is 11.4 Å². The lowest BCUT2D eigenvalue weighted by Crippen LogP contribution is -2.28. The van der Waals surface area contributed by atoms with E-state index >= 15 is 0 Å². The summed E-state index contributed by atoms with van der Waals surface area (Å²) in [6.45, 7) is 3.26. The topological polar surface area (TPSA) is 129 Å². The van der Waals surface area contributed by atoms with Crippen LogP contribution in [0.25, 0.3) is 23.0 Å². The average Bonchev–Trinajstić information content (AvgIpc) is 3.48. The van der Waals surface area contributed by atoms with Gasteiger partial charge in [0.2, 0.25) is 5.82 Å². The first-order chi connectivity index (χ1) is 14.1. The number of pyridine rings is 1. The Labute approximate surface area is 169 Å². The lowest BCUT2D eigenvalue weighted by molar-refractivity contribution is 0.0946. The maximum atomic E-state index is 12.2. The van der Waals surface area contributed by atoms with Crippen molar-refractivity contribution in [3.8, 4) is 23.0 Å². The second kappa shape index (κ2) is 8.19. The van der Waals surface area contributed by atoms with E-state index in [4.69, 9.17) is 16.1 Å². The molecule has 12 heteroatoms. The maximum Gasteiger partial charge on any atom is 0.280 e. The van der Waals surface area contributed by atoms with Crippen LogP contribution in [0, 0.1) is 0 Å². The van der Waals surface area contributed by atoms with Crippen LogP contribution in [-0.4, -0.2) is 52.4 Å². The summed E-state index contributed by atoms with van der Waals surface area (Å²) in [6.07, 6.45) is 6.58. The second-order valence-corrected chi connectivity index (χ2v) is 6.38. The first kappa shape index (κ1) is 18.7. The number of aromatic nitrogens is 8. The molecule has 0 aromatic carbocycles. The van der Waals surface area contributed by atoms with E-state index in [1.54, 1.807) is 40.2 Å². The second-order valence-electron chi connectivity index (χ2n) is 5.97. The Morgan fingerprint density at radius 2 is 2.21 bits per heavy atom. The van der Waals surface area contributed by atoms with E-state index in [1.165, 1.54) is 0 Å². The van der Waals surface area contributed by atoms with Gasteiger partial charge >= 0.3 is 0 Å². The van der Waals surface area contributed by atoms with Crippen LogP contribution in [0.4, 0.5) is 0 Å². The number of halogens is 1. The quantitative estimate of drug-likeness (QED) is 0.484. The number of carbonyl (C=O) groups is 1. The minimum atomic E-state index is -0.347. The molecule has 1 amide bonds.